The van der Waals surface area contributed by atoms with Gasteiger partial charge in [0, 0.05) is 18.3 Å². The van der Waals surface area contributed by atoms with E-state index >= 15 is 0 Å². The largest absolute Gasteiger partial charge is 0.484 e. The molecule has 1 aromatic rings. The van der Waals surface area contributed by atoms with Crippen molar-refractivity contribution in [3.63, 3.8) is 0 Å². The lowest BCUT2D eigenvalue weighted by Crippen LogP contribution is -2.29. The van der Waals surface area contributed by atoms with Gasteiger partial charge in [-0.25, -0.2) is 0 Å². The van der Waals surface area contributed by atoms with Crippen LogP contribution in [0.2, 0.25) is 10.0 Å². The van der Waals surface area contributed by atoms with Gasteiger partial charge in [0.2, 0.25) is 0 Å². The molecule has 4 nitrogen and oxygen atoms in total. The fraction of sp³-hybridized carbons (Fsp3) is 0.308. The standard InChI is InChI=1S/C13H16Cl2N2O2/c1-9(5-6-16-2)17-13(18)8-19-10-3-4-11(14)12(15)7-10/h3-4,7,16H,1,5-6,8H2,2H3,(H,17,18). The van der Waals surface area contributed by atoms with Gasteiger partial charge in [0.1, 0.15) is 5.75 Å². The molecule has 0 aliphatic carbocycles. The third kappa shape index (κ3) is 5.96. The highest BCUT2D eigenvalue weighted by atomic mass is 35.5. The predicted molar refractivity (Wildman–Crippen MR) is 77.8 cm³/mol. The first kappa shape index (κ1) is 15.8. The Balaban J connectivity index is 2.37. The van der Waals surface area contributed by atoms with E-state index < -0.39 is 0 Å². The summed E-state index contributed by atoms with van der Waals surface area (Å²) < 4.78 is 5.30. The lowest BCUT2D eigenvalue weighted by Gasteiger charge is -2.09. The molecule has 19 heavy (non-hydrogen) atoms. The quantitative estimate of drug-likeness (QED) is 0.814. The average Bonchev–Trinajstić information content (AvgIpc) is 2.38. The van der Waals surface area contributed by atoms with E-state index in [1.54, 1.807) is 18.2 Å². The number of rotatable bonds is 7. The van der Waals surface area contributed by atoms with Crippen LogP contribution in [-0.2, 0) is 4.79 Å². The van der Waals surface area contributed by atoms with Crippen LogP contribution in [0.25, 0.3) is 0 Å². The van der Waals surface area contributed by atoms with Gasteiger partial charge in [0.25, 0.3) is 5.91 Å². The molecule has 0 radical (unpaired) electrons. The zero-order chi connectivity index (χ0) is 14.3. The van der Waals surface area contributed by atoms with E-state index in [9.17, 15) is 4.79 Å². The smallest absolute Gasteiger partial charge is 0.262 e. The van der Waals surface area contributed by atoms with Gasteiger partial charge in [-0.2, -0.15) is 0 Å². The van der Waals surface area contributed by atoms with E-state index in [1.807, 2.05) is 7.05 Å². The molecule has 0 saturated carbocycles. The molecule has 0 bridgehead atoms. The summed E-state index contributed by atoms with van der Waals surface area (Å²) in [5, 5.41) is 6.45. The van der Waals surface area contributed by atoms with Crippen molar-refractivity contribution in [1.29, 1.82) is 0 Å². The molecule has 0 saturated heterocycles. The van der Waals surface area contributed by atoms with Gasteiger partial charge in [-0.15, -0.1) is 0 Å². The monoisotopic (exact) mass is 302 g/mol. The second kappa shape index (κ2) is 8.04. The van der Waals surface area contributed by atoms with E-state index in [0.29, 0.717) is 27.9 Å². The normalized spacial score (nSPS) is 10.1. The highest BCUT2D eigenvalue weighted by molar-refractivity contribution is 6.42. The van der Waals surface area contributed by atoms with Crippen LogP contribution in [0.5, 0.6) is 5.75 Å². The topological polar surface area (TPSA) is 50.4 Å². The second-order valence-corrected chi connectivity index (χ2v) is 4.68. The Hall–Kier alpha value is -1.23. The summed E-state index contributed by atoms with van der Waals surface area (Å²) >= 11 is 11.6. The first-order chi connectivity index (χ1) is 9.02. The molecule has 0 heterocycles. The number of nitrogens with one attached hydrogen (secondary N) is 2. The van der Waals surface area contributed by atoms with Crippen LogP contribution < -0.4 is 15.4 Å². The molecule has 0 spiro atoms. The highest BCUT2D eigenvalue weighted by Gasteiger charge is 2.05. The SMILES string of the molecule is C=C(CCNC)NC(=O)COc1ccc(Cl)c(Cl)c1. The van der Waals surface area contributed by atoms with Gasteiger partial charge in [-0.3, -0.25) is 4.79 Å². The summed E-state index contributed by atoms with van der Waals surface area (Å²) in [6, 6.07) is 4.83. The molecule has 0 unspecified atom stereocenters. The number of hydrogen-bond donors (Lipinski definition) is 2. The van der Waals surface area contributed by atoms with Crippen LogP contribution >= 0.6 is 23.2 Å². The van der Waals surface area contributed by atoms with Crippen LogP contribution in [0.1, 0.15) is 6.42 Å². The van der Waals surface area contributed by atoms with Gasteiger partial charge >= 0.3 is 0 Å². The fourth-order valence-electron chi connectivity index (χ4n) is 1.29. The molecule has 1 amide bonds. The van der Waals surface area contributed by atoms with Crippen molar-refractivity contribution in [3.8, 4) is 5.75 Å². The van der Waals surface area contributed by atoms with Crippen LogP contribution in [0, 0.1) is 0 Å². The molecular formula is C13H16Cl2N2O2. The average molecular weight is 303 g/mol. The minimum absolute atomic E-state index is 0.101. The summed E-state index contributed by atoms with van der Waals surface area (Å²) in [5.41, 5.74) is 0.650. The lowest BCUT2D eigenvalue weighted by atomic mass is 10.3. The number of carbonyl (C=O) groups excluding carboxylic acids is 1. The maximum atomic E-state index is 11.6. The summed E-state index contributed by atoms with van der Waals surface area (Å²) in [6.07, 6.45) is 0.676. The number of hydrogen-bond acceptors (Lipinski definition) is 3. The molecule has 2 N–H and O–H groups in total. The predicted octanol–water partition coefficient (Wildman–Crippen LogP) is 2.61. The lowest BCUT2D eigenvalue weighted by molar-refractivity contribution is -0.122. The zero-order valence-electron chi connectivity index (χ0n) is 10.6. The van der Waals surface area contributed by atoms with Gasteiger partial charge in [0.05, 0.1) is 10.0 Å². The number of halogens is 2. The Kier molecular flexibility index (Phi) is 6.70. The third-order valence-corrected chi connectivity index (χ3v) is 2.99. The third-order valence-electron chi connectivity index (χ3n) is 2.25. The molecule has 104 valence electrons. The van der Waals surface area contributed by atoms with E-state index in [4.69, 9.17) is 27.9 Å². The molecular weight excluding hydrogens is 287 g/mol. The van der Waals surface area contributed by atoms with Crippen LogP contribution in [0.15, 0.2) is 30.5 Å². The maximum Gasteiger partial charge on any atom is 0.262 e. The van der Waals surface area contributed by atoms with Crippen LogP contribution in [-0.4, -0.2) is 26.1 Å². The molecule has 0 aromatic heterocycles. The zero-order valence-corrected chi connectivity index (χ0v) is 12.1. The molecule has 1 rings (SSSR count). The van der Waals surface area contributed by atoms with Gasteiger partial charge in [-0.05, 0) is 25.6 Å². The Bertz CT molecular complexity index is 464. The van der Waals surface area contributed by atoms with Gasteiger partial charge in [0.15, 0.2) is 6.61 Å². The van der Waals surface area contributed by atoms with Crippen molar-refractivity contribution in [2.45, 2.75) is 6.42 Å². The number of ether oxygens (including phenoxy) is 1. The molecule has 0 aliphatic heterocycles. The van der Waals surface area contributed by atoms with E-state index in [-0.39, 0.29) is 12.5 Å². The Morgan fingerprint density at radius 3 is 2.74 bits per heavy atom. The highest BCUT2D eigenvalue weighted by Crippen LogP contribution is 2.26. The maximum absolute atomic E-state index is 11.6. The Morgan fingerprint density at radius 1 is 1.37 bits per heavy atom. The first-order valence-corrected chi connectivity index (χ1v) is 6.48. The van der Waals surface area contributed by atoms with Gasteiger partial charge in [-0.1, -0.05) is 29.8 Å². The minimum Gasteiger partial charge on any atom is -0.484 e. The van der Waals surface area contributed by atoms with E-state index in [0.717, 1.165) is 6.54 Å². The van der Waals surface area contributed by atoms with Gasteiger partial charge < -0.3 is 15.4 Å². The summed E-state index contributed by atoms with van der Waals surface area (Å²) in [4.78, 5) is 11.6. The van der Waals surface area contributed by atoms with Crippen molar-refractivity contribution in [3.05, 3.63) is 40.5 Å². The van der Waals surface area contributed by atoms with Crippen molar-refractivity contribution < 1.29 is 9.53 Å². The van der Waals surface area contributed by atoms with Crippen LogP contribution in [0.3, 0.4) is 0 Å². The van der Waals surface area contributed by atoms with Crippen molar-refractivity contribution in [2.24, 2.45) is 0 Å². The molecule has 6 heteroatoms. The summed E-state index contributed by atoms with van der Waals surface area (Å²) in [5.74, 6) is 0.234. The molecule has 0 fully saturated rings. The minimum atomic E-state index is -0.257. The molecule has 1 aromatic carbocycles. The number of benzene rings is 1. The van der Waals surface area contributed by atoms with Crippen molar-refractivity contribution in [1.82, 2.24) is 10.6 Å². The summed E-state index contributed by atoms with van der Waals surface area (Å²) in [6.45, 7) is 4.40. The Labute approximate surface area is 122 Å². The second-order valence-electron chi connectivity index (χ2n) is 3.87. The summed E-state index contributed by atoms with van der Waals surface area (Å²) in [7, 11) is 1.84. The molecule has 0 atom stereocenters. The van der Waals surface area contributed by atoms with Crippen molar-refractivity contribution in [2.75, 3.05) is 20.2 Å². The van der Waals surface area contributed by atoms with Crippen molar-refractivity contribution >= 4 is 29.1 Å². The fourth-order valence-corrected chi connectivity index (χ4v) is 1.58. The van der Waals surface area contributed by atoms with E-state index in [2.05, 4.69) is 17.2 Å². The first-order valence-electron chi connectivity index (χ1n) is 5.73. The Morgan fingerprint density at radius 2 is 2.11 bits per heavy atom. The number of amides is 1. The number of carbonyl (C=O) groups is 1. The molecule has 0 aliphatic rings. The van der Waals surface area contributed by atoms with Crippen LogP contribution in [0.4, 0.5) is 0 Å². The van der Waals surface area contributed by atoms with E-state index in [1.165, 1.54) is 0 Å².